The number of rotatable bonds is 7. The first-order valence-electron chi connectivity index (χ1n) is 10.2. The Morgan fingerprint density at radius 1 is 1.37 bits per heavy atom. The molecule has 1 N–H and O–H groups in total. The van der Waals surface area contributed by atoms with Crippen LogP contribution in [0.5, 0.6) is 5.75 Å². The molecule has 0 bridgehead atoms. The predicted molar refractivity (Wildman–Crippen MR) is 115 cm³/mol. The summed E-state index contributed by atoms with van der Waals surface area (Å²) >= 11 is 0. The molecule has 162 valence electrons. The van der Waals surface area contributed by atoms with Gasteiger partial charge < -0.3 is 19.6 Å². The molecule has 0 unspecified atom stereocenters. The molecule has 0 radical (unpaired) electrons. The third kappa shape index (κ3) is 5.18. The lowest BCUT2D eigenvalue weighted by molar-refractivity contribution is -0.132. The topological polar surface area (TPSA) is 87.9 Å². The minimum atomic E-state index is -0.167. The standard InChI is InChI=1S/C22H30N4O4/c1-16-6-7-17(11-20(16)27)12-21(28)25-8-4-5-18(15-25)26-22(29)13-19(14-23-26)24(2)9-10-30-3/h6-7,11,13-14,18,27H,4-5,8-10,12,15H2,1-3H3/t18-/m1/s1. The van der Waals surface area contributed by atoms with Crippen LogP contribution in [0.2, 0.25) is 0 Å². The molecule has 8 nitrogen and oxygen atoms in total. The number of likely N-dealkylation sites (tertiary alicyclic amines) is 1. The van der Waals surface area contributed by atoms with Crippen molar-refractivity contribution in [2.75, 3.05) is 45.3 Å². The Labute approximate surface area is 176 Å². The number of carbonyl (C=O) groups excluding carboxylic acids is 1. The van der Waals surface area contributed by atoms with E-state index < -0.39 is 0 Å². The fourth-order valence-electron chi connectivity index (χ4n) is 3.68. The first-order chi connectivity index (χ1) is 14.4. The Morgan fingerprint density at radius 2 is 2.17 bits per heavy atom. The van der Waals surface area contributed by atoms with Crippen molar-refractivity contribution in [3.63, 3.8) is 0 Å². The highest BCUT2D eigenvalue weighted by atomic mass is 16.5. The number of hydrogen-bond donors (Lipinski definition) is 1. The summed E-state index contributed by atoms with van der Waals surface area (Å²) in [5, 5.41) is 14.3. The van der Waals surface area contributed by atoms with Crippen molar-refractivity contribution in [1.29, 1.82) is 0 Å². The number of aromatic nitrogens is 2. The van der Waals surface area contributed by atoms with E-state index in [0.29, 0.717) is 26.2 Å². The third-order valence-corrected chi connectivity index (χ3v) is 5.61. The molecule has 1 atom stereocenters. The quantitative estimate of drug-likeness (QED) is 0.743. The molecule has 0 aliphatic carbocycles. The lowest BCUT2D eigenvalue weighted by Gasteiger charge is -2.33. The average molecular weight is 415 g/mol. The van der Waals surface area contributed by atoms with Crippen molar-refractivity contribution in [1.82, 2.24) is 14.7 Å². The van der Waals surface area contributed by atoms with Crippen LogP contribution in [0, 0.1) is 6.92 Å². The summed E-state index contributed by atoms with van der Waals surface area (Å²) in [5.41, 5.74) is 2.14. The number of aromatic hydroxyl groups is 1. The number of piperidine rings is 1. The molecule has 1 aliphatic heterocycles. The molecule has 1 fully saturated rings. The van der Waals surface area contributed by atoms with Crippen LogP contribution >= 0.6 is 0 Å². The van der Waals surface area contributed by atoms with E-state index in [1.165, 1.54) is 4.68 Å². The normalized spacial score (nSPS) is 16.5. The second-order valence-corrected chi connectivity index (χ2v) is 7.84. The van der Waals surface area contributed by atoms with E-state index in [2.05, 4.69) is 5.10 Å². The zero-order valence-corrected chi connectivity index (χ0v) is 17.9. The molecule has 3 rings (SSSR count). The Hall–Kier alpha value is -2.87. The fourth-order valence-corrected chi connectivity index (χ4v) is 3.68. The molecule has 30 heavy (non-hydrogen) atoms. The van der Waals surface area contributed by atoms with Crippen LogP contribution in [0.4, 0.5) is 5.69 Å². The van der Waals surface area contributed by atoms with Crippen molar-refractivity contribution in [3.05, 3.63) is 51.9 Å². The van der Waals surface area contributed by atoms with Gasteiger partial charge in [-0.05, 0) is 37.0 Å². The fraction of sp³-hybridized carbons (Fsp3) is 0.500. The van der Waals surface area contributed by atoms with Crippen LogP contribution in [0.1, 0.15) is 30.0 Å². The highest BCUT2D eigenvalue weighted by Crippen LogP contribution is 2.22. The highest BCUT2D eigenvalue weighted by molar-refractivity contribution is 5.79. The Morgan fingerprint density at radius 3 is 2.87 bits per heavy atom. The van der Waals surface area contributed by atoms with Gasteiger partial charge in [0.15, 0.2) is 0 Å². The van der Waals surface area contributed by atoms with E-state index in [9.17, 15) is 14.7 Å². The number of nitrogens with zero attached hydrogens (tertiary/aromatic N) is 4. The summed E-state index contributed by atoms with van der Waals surface area (Å²) < 4.78 is 6.57. The molecule has 0 saturated carbocycles. The Kier molecular flexibility index (Phi) is 7.10. The number of phenols is 1. The number of aryl methyl sites for hydroxylation is 1. The average Bonchev–Trinajstić information content (AvgIpc) is 2.74. The first kappa shape index (κ1) is 21.8. The largest absolute Gasteiger partial charge is 0.508 e. The van der Waals surface area contributed by atoms with Crippen LogP contribution in [-0.2, 0) is 16.0 Å². The molecule has 1 aromatic heterocycles. The van der Waals surface area contributed by atoms with Gasteiger partial charge in [0.2, 0.25) is 5.91 Å². The van der Waals surface area contributed by atoms with Gasteiger partial charge in [0.05, 0.1) is 31.0 Å². The molecule has 2 aromatic rings. The molecule has 8 heteroatoms. The van der Waals surface area contributed by atoms with Crippen LogP contribution in [0.3, 0.4) is 0 Å². The zero-order chi connectivity index (χ0) is 21.7. The predicted octanol–water partition coefficient (Wildman–Crippen LogP) is 1.75. The third-order valence-electron chi connectivity index (χ3n) is 5.61. The van der Waals surface area contributed by atoms with Crippen LogP contribution < -0.4 is 10.5 Å². The molecule has 1 amide bonds. The summed E-state index contributed by atoms with van der Waals surface area (Å²) in [6.45, 7) is 4.18. The number of phenolic OH excluding ortho intramolecular Hbond substituents is 1. The summed E-state index contributed by atoms with van der Waals surface area (Å²) in [6.07, 6.45) is 3.54. The number of ether oxygens (including phenoxy) is 1. The number of hydrogen-bond acceptors (Lipinski definition) is 6. The SMILES string of the molecule is COCCN(C)c1cnn([C@@H]2CCCN(C(=O)Cc3ccc(C)c(O)c3)C2)c(=O)c1. The van der Waals surface area contributed by atoms with E-state index in [1.807, 2.05) is 31.0 Å². The molecule has 2 heterocycles. The highest BCUT2D eigenvalue weighted by Gasteiger charge is 2.26. The van der Waals surface area contributed by atoms with Gasteiger partial charge in [-0.15, -0.1) is 0 Å². The number of carbonyl (C=O) groups is 1. The Bertz CT molecular complexity index is 943. The number of benzene rings is 1. The van der Waals surface area contributed by atoms with Crippen molar-refractivity contribution >= 4 is 11.6 Å². The lowest BCUT2D eigenvalue weighted by Crippen LogP contribution is -2.44. The van der Waals surface area contributed by atoms with Gasteiger partial charge in [-0.1, -0.05) is 12.1 Å². The summed E-state index contributed by atoms with van der Waals surface area (Å²) in [5.74, 6) is 0.190. The number of amides is 1. The maximum atomic E-state index is 12.8. The second-order valence-electron chi connectivity index (χ2n) is 7.84. The molecule has 1 aliphatic rings. The van der Waals surface area contributed by atoms with Crippen molar-refractivity contribution < 1.29 is 14.6 Å². The second kappa shape index (κ2) is 9.75. The van der Waals surface area contributed by atoms with Crippen LogP contribution in [0.15, 0.2) is 35.3 Å². The molecule has 1 aromatic carbocycles. The van der Waals surface area contributed by atoms with Gasteiger partial charge in [-0.25, -0.2) is 4.68 Å². The maximum absolute atomic E-state index is 12.8. The van der Waals surface area contributed by atoms with E-state index in [0.717, 1.165) is 29.7 Å². The molecular weight excluding hydrogens is 384 g/mol. The molecule has 0 spiro atoms. The van der Waals surface area contributed by atoms with Gasteiger partial charge in [0.1, 0.15) is 5.75 Å². The summed E-state index contributed by atoms with van der Waals surface area (Å²) in [4.78, 5) is 29.2. The van der Waals surface area contributed by atoms with Gasteiger partial charge in [-0.2, -0.15) is 5.10 Å². The molecule has 1 saturated heterocycles. The minimum absolute atomic E-state index is 0.00748. The number of likely N-dealkylation sites (N-methyl/N-ethyl adjacent to an activating group) is 1. The van der Waals surface area contributed by atoms with Gasteiger partial charge >= 0.3 is 0 Å². The lowest BCUT2D eigenvalue weighted by atomic mass is 10.0. The summed E-state index contributed by atoms with van der Waals surface area (Å²) in [6, 6.07) is 6.75. The number of methoxy groups -OCH3 is 1. The smallest absolute Gasteiger partial charge is 0.269 e. The van der Waals surface area contributed by atoms with Crippen molar-refractivity contribution in [2.45, 2.75) is 32.2 Å². The monoisotopic (exact) mass is 414 g/mol. The van der Waals surface area contributed by atoms with Crippen molar-refractivity contribution in [3.8, 4) is 5.75 Å². The van der Waals surface area contributed by atoms with Crippen molar-refractivity contribution in [2.24, 2.45) is 0 Å². The van der Waals surface area contributed by atoms with Gasteiger partial charge in [-0.3, -0.25) is 9.59 Å². The minimum Gasteiger partial charge on any atom is -0.508 e. The van der Waals surface area contributed by atoms with Crippen LogP contribution in [0.25, 0.3) is 0 Å². The van der Waals surface area contributed by atoms with E-state index >= 15 is 0 Å². The first-order valence-corrected chi connectivity index (χ1v) is 10.2. The van der Waals surface area contributed by atoms with Gasteiger partial charge in [0, 0.05) is 39.9 Å². The number of anilines is 1. The summed E-state index contributed by atoms with van der Waals surface area (Å²) in [7, 11) is 3.53. The molecular formula is C22H30N4O4. The van der Waals surface area contributed by atoms with E-state index in [1.54, 1.807) is 30.3 Å². The van der Waals surface area contributed by atoms with Crippen LogP contribution in [-0.4, -0.2) is 66.1 Å². The van der Waals surface area contributed by atoms with E-state index in [4.69, 9.17) is 4.74 Å². The van der Waals surface area contributed by atoms with E-state index in [-0.39, 0.29) is 29.7 Å². The Balaban J connectivity index is 1.67. The maximum Gasteiger partial charge on any atom is 0.269 e. The van der Waals surface area contributed by atoms with Gasteiger partial charge in [0.25, 0.3) is 5.56 Å². The zero-order valence-electron chi connectivity index (χ0n) is 17.9.